The van der Waals surface area contributed by atoms with Crippen molar-refractivity contribution >= 4 is 5.97 Å². The summed E-state index contributed by atoms with van der Waals surface area (Å²) in [4.78, 5) is 10.3. The van der Waals surface area contributed by atoms with E-state index in [1.54, 1.807) is 0 Å². The second-order valence-corrected chi connectivity index (χ2v) is 5.68. The van der Waals surface area contributed by atoms with Crippen LogP contribution in [0.4, 0.5) is 0 Å². The van der Waals surface area contributed by atoms with Crippen molar-refractivity contribution < 1.29 is 20.1 Å². The lowest BCUT2D eigenvalue weighted by molar-refractivity contribution is -0.137. The average molecular weight is 312 g/mol. The number of unbranched alkanes of at least 4 members (excludes halogenated alkanes) is 4. The molecule has 0 amide bonds. The summed E-state index contributed by atoms with van der Waals surface area (Å²) >= 11 is 0. The summed E-state index contributed by atoms with van der Waals surface area (Å²) in [5.74, 6) is -0.734. The third-order valence-electron chi connectivity index (χ3n) is 3.54. The molecular weight excluding hydrogens is 280 g/mol. The van der Waals surface area contributed by atoms with E-state index < -0.39 is 18.2 Å². The van der Waals surface area contributed by atoms with Gasteiger partial charge in [0, 0.05) is 6.42 Å². The first-order valence-electron chi connectivity index (χ1n) is 8.45. The minimum Gasteiger partial charge on any atom is -0.481 e. The maximum Gasteiger partial charge on any atom is 0.303 e. The molecule has 2 atom stereocenters. The van der Waals surface area contributed by atoms with Gasteiger partial charge in [0.15, 0.2) is 0 Å². The average Bonchev–Trinajstić information content (AvgIpc) is 2.48. The van der Waals surface area contributed by atoms with Crippen molar-refractivity contribution in [1.29, 1.82) is 0 Å². The number of aliphatic carboxylic acids is 1. The molecule has 0 aliphatic rings. The van der Waals surface area contributed by atoms with Gasteiger partial charge in [-0.25, -0.2) is 0 Å². The molecule has 0 spiro atoms. The quantitative estimate of drug-likeness (QED) is 0.336. The van der Waals surface area contributed by atoms with Gasteiger partial charge >= 0.3 is 5.97 Å². The van der Waals surface area contributed by atoms with Crippen LogP contribution in [0.1, 0.15) is 71.1 Å². The van der Waals surface area contributed by atoms with Gasteiger partial charge in [0.05, 0.1) is 12.2 Å². The van der Waals surface area contributed by atoms with E-state index in [1.165, 1.54) is 0 Å². The van der Waals surface area contributed by atoms with Crippen LogP contribution in [-0.2, 0) is 4.79 Å². The number of carbonyl (C=O) groups is 1. The molecule has 0 fully saturated rings. The van der Waals surface area contributed by atoms with E-state index in [4.69, 9.17) is 5.11 Å². The molecule has 22 heavy (non-hydrogen) atoms. The molecule has 0 aromatic rings. The smallest absolute Gasteiger partial charge is 0.303 e. The first-order chi connectivity index (χ1) is 10.6. The van der Waals surface area contributed by atoms with Crippen molar-refractivity contribution in [2.24, 2.45) is 0 Å². The second-order valence-electron chi connectivity index (χ2n) is 5.68. The Morgan fingerprint density at radius 2 is 1.68 bits per heavy atom. The molecule has 0 rings (SSSR count). The van der Waals surface area contributed by atoms with Crippen LogP contribution in [0.3, 0.4) is 0 Å². The number of rotatable bonds is 14. The minimum absolute atomic E-state index is 0.242. The lowest BCUT2D eigenvalue weighted by Crippen LogP contribution is -2.25. The largest absolute Gasteiger partial charge is 0.481 e. The Kier molecular flexibility index (Phi) is 14.0. The fourth-order valence-corrected chi connectivity index (χ4v) is 2.12. The normalized spacial score (nSPS) is 14.7. The molecule has 0 aromatic heterocycles. The highest BCUT2D eigenvalue weighted by molar-refractivity contribution is 5.66. The van der Waals surface area contributed by atoms with Crippen LogP contribution in [0.25, 0.3) is 0 Å². The van der Waals surface area contributed by atoms with Crippen LogP contribution in [-0.4, -0.2) is 33.5 Å². The SMILES string of the molecule is CCCCCC(O)C(O)CC=CCC=CCCCCC(=O)O. The van der Waals surface area contributed by atoms with Crippen molar-refractivity contribution in [3.05, 3.63) is 24.3 Å². The Balaban J connectivity index is 3.57. The molecule has 0 heterocycles. The van der Waals surface area contributed by atoms with Gasteiger partial charge in [0.1, 0.15) is 0 Å². The van der Waals surface area contributed by atoms with Crippen LogP contribution >= 0.6 is 0 Å². The number of aliphatic hydroxyl groups is 2. The number of hydrogen-bond acceptors (Lipinski definition) is 3. The molecule has 2 unspecified atom stereocenters. The van der Waals surface area contributed by atoms with Crippen LogP contribution in [0.15, 0.2) is 24.3 Å². The Hall–Kier alpha value is -1.13. The van der Waals surface area contributed by atoms with Crippen LogP contribution in [0.2, 0.25) is 0 Å². The van der Waals surface area contributed by atoms with Crippen molar-refractivity contribution in [2.45, 2.75) is 83.3 Å². The number of hydrogen-bond donors (Lipinski definition) is 3. The topological polar surface area (TPSA) is 77.8 Å². The van der Waals surface area contributed by atoms with E-state index in [-0.39, 0.29) is 6.42 Å². The molecule has 4 nitrogen and oxygen atoms in total. The van der Waals surface area contributed by atoms with E-state index in [1.807, 2.05) is 18.2 Å². The fraction of sp³-hybridized carbons (Fsp3) is 0.722. The lowest BCUT2D eigenvalue weighted by Gasteiger charge is -2.15. The second kappa shape index (κ2) is 14.8. The molecule has 0 saturated heterocycles. The van der Waals surface area contributed by atoms with Gasteiger partial charge in [-0.2, -0.15) is 0 Å². The molecule has 3 N–H and O–H groups in total. The monoisotopic (exact) mass is 312 g/mol. The van der Waals surface area contributed by atoms with Crippen molar-refractivity contribution in [3.8, 4) is 0 Å². The van der Waals surface area contributed by atoms with Gasteiger partial charge in [0.2, 0.25) is 0 Å². The zero-order valence-corrected chi connectivity index (χ0v) is 13.8. The molecule has 4 heteroatoms. The van der Waals surface area contributed by atoms with Gasteiger partial charge in [-0.3, -0.25) is 4.79 Å². The van der Waals surface area contributed by atoms with Gasteiger partial charge in [-0.15, -0.1) is 0 Å². The summed E-state index contributed by atoms with van der Waals surface area (Å²) in [5.41, 5.74) is 0. The zero-order chi connectivity index (χ0) is 16.6. The summed E-state index contributed by atoms with van der Waals surface area (Å²) in [6.07, 6.45) is 14.6. The van der Waals surface area contributed by atoms with Crippen LogP contribution < -0.4 is 0 Å². The molecule has 0 aliphatic carbocycles. The van der Waals surface area contributed by atoms with E-state index in [0.29, 0.717) is 12.8 Å². The molecule has 128 valence electrons. The third-order valence-corrected chi connectivity index (χ3v) is 3.54. The predicted molar refractivity (Wildman–Crippen MR) is 89.8 cm³/mol. The number of carboxylic acid groups (broad SMARTS) is 1. The number of allylic oxidation sites excluding steroid dienone is 3. The van der Waals surface area contributed by atoms with E-state index in [9.17, 15) is 15.0 Å². The Morgan fingerprint density at radius 1 is 0.955 bits per heavy atom. The van der Waals surface area contributed by atoms with Gasteiger partial charge < -0.3 is 15.3 Å². The Bertz CT molecular complexity index is 323. The summed E-state index contributed by atoms with van der Waals surface area (Å²) in [6.45, 7) is 2.12. The van der Waals surface area contributed by atoms with Gasteiger partial charge in [-0.05, 0) is 38.5 Å². The van der Waals surface area contributed by atoms with Gasteiger partial charge in [-0.1, -0.05) is 50.5 Å². The number of aliphatic hydroxyl groups excluding tert-OH is 2. The maximum atomic E-state index is 10.3. The van der Waals surface area contributed by atoms with E-state index >= 15 is 0 Å². The minimum atomic E-state index is -0.734. The van der Waals surface area contributed by atoms with E-state index in [2.05, 4.69) is 13.0 Å². The number of carboxylic acids is 1. The van der Waals surface area contributed by atoms with Gasteiger partial charge in [0.25, 0.3) is 0 Å². The molecule has 0 bridgehead atoms. The lowest BCUT2D eigenvalue weighted by atomic mass is 10.0. The summed E-state index contributed by atoms with van der Waals surface area (Å²) in [6, 6.07) is 0. The Labute approximate surface area is 134 Å². The maximum absolute atomic E-state index is 10.3. The van der Waals surface area contributed by atoms with E-state index in [0.717, 1.165) is 44.9 Å². The van der Waals surface area contributed by atoms with Crippen molar-refractivity contribution in [1.82, 2.24) is 0 Å². The standard InChI is InChI=1S/C18H32O4/c1-2-3-10-13-16(19)17(20)14-11-8-6-4-5-7-9-12-15-18(21)22/h4-5,8,11,16-17,19-20H,2-3,6-7,9-10,12-15H2,1H3,(H,21,22). The van der Waals surface area contributed by atoms with Crippen molar-refractivity contribution in [2.75, 3.05) is 0 Å². The molecule has 0 saturated carbocycles. The summed E-state index contributed by atoms with van der Waals surface area (Å²) < 4.78 is 0. The highest BCUT2D eigenvalue weighted by Gasteiger charge is 2.13. The van der Waals surface area contributed by atoms with Crippen LogP contribution in [0.5, 0.6) is 0 Å². The molecular formula is C18H32O4. The third kappa shape index (κ3) is 13.8. The first kappa shape index (κ1) is 20.9. The summed E-state index contributed by atoms with van der Waals surface area (Å²) in [7, 11) is 0. The van der Waals surface area contributed by atoms with Crippen LogP contribution in [0, 0.1) is 0 Å². The predicted octanol–water partition coefficient (Wildman–Crippen LogP) is 3.83. The summed E-state index contributed by atoms with van der Waals surface area (Å²) in [5, 5.41) is 28.1. The molecule has 0 aliphatic heterocycles. The molecule has 0 radical (unpaired) electrons. The highest BCUT2D eigenvalue weighted by Crippen LogP contribution is 2.10. The Morgan fingerprint density at radius 3 is 2.36 bits per heavy atom. The zero-order valence-electron chi connectivity index (χ0n) is 13.8. The highest BCUT2D eigenvalue weighted by atomic mass is 16.4. The molecule has 0 aromatic carbocycles. The fourth-order valence-electron chi connectivity index (χ4n) is 2.12. The van der Waals surface area contributed by atoms with Crippen molar-refractivity contribution in [3.63, 3.8) is 0 Å². The first-order valence-corrected chi connectivity index (χ1v) is 8.45.